The number of nitrogens with zero attached hydrogens (tertiary/aromatic N) is 3. The number of carbonyl (C=O) groups is 1. The zero-order chi connectivity index (χ0) is 17.6. The van der Waals surface area contributed by atoms with Gasteiger partial charge < -0.3 is 14.4 Å². The zero-order valence-electron chi connectivity index (χ0n) is 14.0. The van der Waals surface area contributed by atoms with Gasteiger partial charge in [0.2, 0.25) is 5.91 Å². The number of likely N-dealkylation sites (tertiary alicyclic amines) is 1. The van der Waals surface area contributed by atoms with Crippen molar-refractivity contribution in [2.24, 2.45) is 0 Å². The smallest absolute Gasteiger partial charge is 0.316 e. The molecule has 6 nitrogen and oxygen atoms in total. The van der Waals surface area contributed by atoms with Crippen LogP contribution in [-0.4, -0.2) is 47.1 Å². The van der Waals surface area contributed by atoms with E-state index >= 15 is 0 Å². The summed E-state index contributed by atoms with van der Waals surface area (Å²) in [5.74, 6) is 0.270. The third kappa shape index (κ3) is 4.65. The molecule has 25 heavy (non-hydrogen) atoms. The molecule has 3 rings (SSSR count). The quantitative estimate of drug-likeness (QED) is 0.831. The van der Waals surface area contributed by atoms with Gasteiger partial charge in [-0.2, -0.15) is 0 Å². The molecular weight excluding hydrogens is 325 g/mol. The van der Waals surface area contributed by atoms with Crippen molar-refractivity contribution < 1.29 is 18.7 Å². The van der Waals surface area contributed by atoms with Crippen LogP contribution >= 0.6 is 0 Å². The lowest BCUT2D eigenvalue weighted by atomic mass is 10.1. The molecular formula is C18H20FN3O3. The first kappa shape index (κ1) is 17.1. The van der Waals surface area contributed by atoms with Gasteiger partial charge in [0.05, 0.1) is 32.5 Å². The van der Waals surface area contributed by atoms with E-state index in [1.54, 1.807) is 12.0 Å². The fourth-order valence-corrected chi connectivity index (χ4v) is 2.84. The Morgan fingerprint density at radius 3 is 2.92 bits per heavy atom. The molecule has 1 unspecified atom stereocenters. The first-order chi connectivity index (χ1) is 12.1. The number of carbonyl (C=O) groups excluding carboxylic acids is 1. The summed E-state index contributed by atoms with van der Waals surface area (Å²) in [6.45, 7) is 1.18. The Hall–Kier alpha value is -2.70. The Labute approximate surface area is 145 Å². The van der Waals surface area contributed by atoms with Crippen LogP contribution in [0.1, 0.15) is 18.4 Å². The molecule has 1 aromatic heterocycles. The lowest BCUT2D eigenvalue weighted by Crippen LogP contribution is -2.45. The highest BCUT2D eigenvalue weighted by Crippen LogP contribution is 2.18. The Balaban J connectivity index is 1.58. The van der Waals surface area contributed by atoms with E-state index in [0.717, 1.165) is 36.5 Å². The van der Waals surface area contributed by atoms with E-state index in [9.17, 15) is 9.18 Å². The van der Waals surface area contributed by atoms with E-state index < -0.39 is 5.82 Å². The van der Waals surface area contributed by atoms with E-state index in [1.807, 2.05) is 24.3 Å². The summed E-state index contributed by atoms with van der Waals surface area (Å²) in [6, 6.07) is 7.62. The van der Waals surface area contributed by atoms with Gasteiger partial charge in [-0.05, 0) is 30.5 Å². The third-order valence-electron chi connectivity index (χ3n) is 4.09. The number of methoxy groups -OCH3 is 1. The lowest BCUT2D eigenvalue weighted by molar-refractivity contribution is -0.133. The summed E-state index contributed by atoms with van der Waals surface area (Å²) in [6.07, 6.45) is 3.91. The van der Waals surface area contributed by atoms with Gasteiger partial charge in [0.1, 0.15) is 11.9 Å². The third-order valence-corrected chi connectivity index (χ3v) is 4.09. The second-order valence-electron chi connectivity index (χ2n) is 5.93. The van der Waals surface area contributed by atoms with Gasteiger partial charge in [-0.3, -0.25) is 4.79 Å². The monoisotopic (exact) mass is 345 g/mol. The number of rotatable bonds is 5. The second-order valence-corrected chi connectivity index (χ2v) is 5.93. The number of hydrogen-bond donors (Lipinski definition) is 0. The maximum absolute atomic E-state index is 12.9. The van der Waals surface area contributed by atoms with Crippen molar-refractivity contribution >= 4 is 5.91 Å². The molecule has 0 spiro atoms. The maximum Gasteiger partial charge on any atom is 0.316 e. The number of halogens is 1. The zero-order valence-corrected chi connectivity index (χ0v) is 14.0. The molecule has 2 heterocycles. The van der Waals surface area contributed by atoms with Crippen LogP contribution in [0.5, 0.6) is 11.8 Å². The van der Waals surface area contributed by atoms with Gasteiger partial charge in [0.25, 0.3) is 0 Å². The molecule has 132 valence electrons. The molecule has 0 bridgehead atoms. The minimum Gasteiger partial charge on any atom is -0.497 e. The predicted octanol–water partition coefficient (Wildman–Crippen LogP) is 2.24. The van der Waals surface area contributed by atoms with E-state index in [0.29, 0.717) is 19.5 Å². The molecule has 1 amide bonds. The first-order valence-corrected chi connectivity index (χ1v) is 8.19. The SMILES string of the molecule is COc1cccc(CC(=O)N2CCCC(Oc3ncc(F)cn3)C2)c1. The predicted molar refractivity (Wildman–Crippen MR) is 88.9 cm³/mol. The van der Waals surface area contributed by atoms with Crippen LogP contribution in [0.15, 0.2) is 36.7 Å². The fourth-order valence-electron chi connectivity index (χ4n) is 2.84. The molecule has 1 saturated heterocycles. The molecule has 0 saturated carbocycles. The van der Waals surface area contributed by atoms with Crippen molar-refractivity contribution in [1.29, 1.82) is 0 Å². The van der Waals surface area contributed by atoms with Gasteiger partial charge in [0.15, 0.2) is 5.82 Å². The number of benzene rings is 1. The molecule has 0 aliphatic carbocycles. The van der Waals surface area contributed by atoms with Crippen molar-refractivity contribution in [2.75, 3.05) is 20.2 Å². The largest absolute Gasteiger partial charge is 0.497 e. The normalized spacial score (nSPS) is 17.2. The molecule has 1 aromatic carbocycles. The van der Waals surface area contributed by atoms with Crippen molar-refractivity contribution in [3.05, 3.63) is 48.0 Å². The molecule has 0 N–H and O–H groups in total. The van der Waals surface area contributed by atoms with Crippen molar-refractivity contribution in [3.8, 4) is 11.8 Å². The van der Waals surface area contributed by atoms with Crippen molar-refractivity contribution in [3.63, 3.8) is 0 Å². The van der Waals surface area contributed by atoms with Crippen LogP contribution in [0.3, 0.4) is 0 Å². The number of hydrogen-bond acceptors (Lipinski definition) is 5. The Morgan fingerprint density at radius 1 is 1.36 bits per heavy atom. The van der Waals surface area contributed by atoms with E-state index in [2.05, 4.69) is 9.97 Å². The number of aromatic nitrogens is 2. The molecule has 1 aliphatic heterocycles. The number of piperidine rings is 1. The fraction of sp³-hybridized carbons (Fsp3) is 0.389. The molecule has 1 aliphatic rings. The van der Waals surface area contributed by atoms with E-state index in [4.69, 9.17) is 9.47 Å². The van der Waals surface area contributed by atoms with Crippen molar-refractivity contribution in [1.82, 2.24) is 14.9 Å². The van der Waals surface area contributed by atoms with Crippen LogP contribution < -0.4 is 9.47 Å². The summed E-state index contributed by atoms with van der Waals surface area (Å²) in [5.41, 5.74) is 0.911. The number of ether oxygens (including phenoxy) is 2. The van der Waals surface area contributed by atoms with Crippen LogP contribution in [0.25, 0.3) is 0 Å². The van der Waals surface area contributed by atoms with Gasteiger partial charge >= 0.3 is 6.01 Å². The van der Waals surface area contributed by atoms with Crippen LogP contribution in [-0.2, 0) is 11.2 Å². The second kappa shape index (κ2) is 7.92. The van der Waals surface area contributed by atoms with Gasteiger partial charge in [-0.1, -0.05) is 12.1 Å². The molecule has 1 atom stereocenters. The van der Waals surface area contributed by atoms with Crippen LogP contribution in [0.4, 0.5) is 4.39 Å². The highest BCUT2D eigenvalue weighted by Gasteiger charge is 2.25. The van der Waals surface area contributed by atoms with Gasteiger partial charge in [0, 0.05) is 6.54 Å². The summed E-state index contributed by atoms with van der Waals surface area (Å²) >= 11 is 0. The van der Waals surface area contributed by atoms with Crippen LogP contribution in [0, 0.1) is 5.82 Å². The summed E-state index contributed by atoms with van der Waals surface area (Å²) in [5, 5.41) is 0. The average molecular weight is 345 g/mol. The molecule has 1 fully saturated rings. The summed E-state index contributed by atoms with van der Waals surface area (Å²) in [4.78, 5) is 22.0. The Bertz CT molecular complexity index is 724. The highest BCUT2D eigenvalue weighted by atomic mass is 19.1. The lowest BCUT2D eigenvalue weighted by Gasteiger charge is -2.32. The Kier molecular flexibility index (Phi) is 5.42. The maximum atomic E-state index is 12.9. The molecule has 7 heteroatoms. The van der Waals surface area contributed by atoms with Gasteiger partial charge in [-0.15, -0.1) is 0 Å². The summed E-state index contributed by atoms with van der Waals surface area (Å²) < 4.78 is 23.7. The minimum atomic E-state index is -0.508. The molecule has 2 aromatic rings. The highest BCUT2D eigenvalue weighted by molar-refractivity contribution is 5.79. The average Bonchev–Trinajstić information content (AvgIpc) is 2.64. The summed E-state index contributed by atoms with van der Waals surface area (Å²) in [7, 11) is 1.60. The standard InChI is InChI=1S/C18H20FN3O3/c1-24-15-5-2-4-13(8-15)9-17(23)22-7-3-6-16(12-22)25-18-20-10-14(19)11-21-18/h2,4-5,8,10-11,16H,3,6-7,9,12H2,1H3. The van der Waals surface area contributed by atoms with Crippen molar-refractivity contribution in [2.45, 2.75) is 25.4 Å². The topological polar surface area (TPSA) is 64.5 Å². The van der Waals surface area contributed by atoms with Gasteiger partial charge in [-0.25, -0.2) is 14.4 Å². The molecule has 0 radical (unpaired) electrons. The number of amides is 1. The van der Waals surface area contributed by atoms with E-state index in [1.165, 1.54) is 0 Å². The minimum absolute atomic E-state index is 0.0431. The Morgan fingerprint density at radius 2 is 2.16 bits per heavy atom. The van der Waals surface area contributed by atoms with Crippen LogP contribution in [0.2, 0.25) is 0 Å². The first-order valence-electron chi connectivity index (χ1n) is 8.19. The van der Waals surface area contributed by atoms with E-state index in [-0.39, 0.29) is 18.0 Å².